The molecule has 0 bridgehead atoms. The third kappa shape index (κ3) is 4.72. The fraction of sp³-hybridized carbons (Fsp3) is 0.467. The van der Waals surface area contributed by atoms with E-state index in [1.54, 1.807) is 0 Å². The van der Waals surface area contributed by atoms with Gasteiger partial charge in [-0.05, 0) is 31.0 Å². The second-order valence-electron chi connectivity index (χ2n) is 5.22. The molecule has 1 fully saturated rings. The number of hydrogen-bond donors (Lipinski definition) is 2. The number of halogens is 1. The molecule has 1 saturated heterocycles. The highest BCUT2D eigenvalue weighted by Gasteiger charge is 2.40. The summed E-state index contributed by atoms with van der Waals surface area (Å²) in [4.78, 5) is 24.4. The summed E-state index contributed by atoms with van der Waals surface area (Å²) in [5.41, 5.74) is -0.894. The molecule has 0 saturated carbocycles. The van der Waals surface area contributed by atoms with Gasteiger partial charge in [0, 0.05) is 29.1 Å². The first kappa shape index (κ1) is 17.3. The summed E-state index contributed by atoms with van der Waals surface area (Å²) in [5.74, 6) is -0.754. The molecule has 0 radical (unpaired) electrons. The van der Waals surface area contributed by atoms with Gasteiger partial charge in [0.15, 0.2) is 0 Å². The van der Waals surface area contributed by atoms with E-state index in [4.69, 9.17) is 4.74 Å². The van der Waals surface area contributed by atoms with Crippen LogP contribution in [0.1, 0.15) is 12.8 Å². The molecule has 1 aliphatic rings. The molecule has 7 heteroatoms. The molecule has 22 heavy (non-hydrogen) atoms. The number of carbonyl (C=O) groups excluding carboxylic acids is 1. The van der Waals surface area contributed by atoms with E-state index in [9.17, 15) is 14.7 Å². The van der Waals surface area contributed by atoms with Crippen LogP contribution < -0.4 is 5.32 Å². The fourth-order valence-electron chi connectivity index (χ4n) is 2.25. The first-order chi connectivity index (χ1) is 10.5. The second-order valence-corrected chi connectivity index (χ2v) is 7.19. The molecule has 0 spiro atoms. The molecule has 0 aromatic heterocycles. The molecule has 1 aliphatic heterocycles. The van der Waals surface area contributed by atoms with E-state index in [1.165, 1.54) is 11.8 Å². The van der Waals surface area contributed by atoms with Crippen LogP contribution in [0.25, 0.3) is 0 Å². The number of amides is 1. The highest BCUT2D eigenvalue weighted by molar-refractivity contribution is 9.10. The molecule has 1 aromatic rings. The van der Waals surface area contributed by atoms with E-state index >= 15 is 0 Å². The zero-order valence-corrected chi connectivity index (χ0v) is 14.4. The summed E-state index contributed by atoms with van der Waals surface area (Å²) in [6.07, 6.45) is 0.864. The van der Waals surface area contributed by atoms with Crippen molar-refractivity contribution in [2.45, 2.75) is 17.7 Å². The zero-order valence-electron chi connectivity index (χ0n) is 12.0. The Labute approximate surface area is 141 Å². The molecule has 0 unspecified atom stereocenters. The minimum absolute atomic E-state index is 0.155. The van der Waals surface area contributed by atoms with Gasteiger partial charge >= 0.3 is 5.97 Å². The average molecular weight is 388 g/mol. The number of nitrogens with one attached hydrogen (secondary N) is 1. The number of rotatable bonds is 6. The van der Waals surface area contributed by atoms with Gasteiger partial charge in [-0.25, -0.2) is 0 Å². The number of ether oxygens (including phenoxy) is 1. The van der Waals surface area contributed by atoms with Crippen LogP contribution in [0.4, 0.5) is 0 Å². The highest BCUT2D eigenvalue weighted by atomic mass is 79.9. The first-order valence-corrected chi connectivity index (χ1v) is 8.76. The molecule has 2 N–H and O–H groups in total. The molecule has 120 valence electrons. The Morgan fingerprint density at radius 3 is 2.73 bits per heavy atom. The van der Waals surface area contributed by atoms with Crippen molar-refractivity contribution in [2.75, 3.05) is 25.5 Å². The number of carboxylic acid groups (broad SMARTS) is 1. The molecule has 5 nitrogen and oxygen atoms in total. The SMILES string of the molecule is O=C(CSc1cccc(Br)c1)NCC1(C(=O)O)CCOCC1. The van der Waals surface area contributed by atoms with Crippen molar-refractivity contribution in [1.82, 2.24) is 5.32 Å². The summed E-state index contributed by atoms with van der Waals surface area (Å²) in [6, 6.07) is 7.70. The standard InChI is InChI=1S/C15H18BrNO4S/c16-11-2-1-3-12(8-11)22-9-13(18)17-10-15(14(19)20)4-6-21-7-5-15/h1-3,8H,4-7,9-10H2,(H,17,18)(H,19,20). The molecular weight excluding hydrogens is 370 g/mol. The van der Waals surface area contributed by atoms with Crippen LogP contribution in [-0.2, 0) is 14.3 Å². The number of benzene rings is 1. The number of carbonyl (C=O) groups is 2. The van der Waals surface area contributed by atoms with Crippen molar-refractivity contribution in [3.8, 4) is 0 Å². The molecule has 1 heterocycles. The maximum Gasteiger partial charge on any atom is 0.311 e. The number of hydrogen-bond acceptors (Lipinski definition) is 4. The van der Waals surface area contributed by atoms with Gasteiger partial charge in [-0.1, -0.05) is 22.0 Å². The van der Waals surface area contributed by atoms with Gasteiger partial charge in [-0.2, -0.15) is 0 Å². The molecular formula is C15H18BrNO4S. The van der Waals surface area contributed by atoms with Crippen LogP contribution in [0.15, 0.2) is 33.6 Å². The van der Waals surface area contributed by atoms with Gasteiger partial charge in [0.25, 0.3) is 0 Å². The van der Waals surface area contributed by atoms with E-state index in [0.29, 0.717) is 26.1 Å². The lowest BCUT2D eigenvalue weighted by molar-refractivity contribution is -0.154. The van der Waals surface area contributed by atoms with Crippen LogP contribution in [0.5, 0.6) is 0 Å². The Balaban J connectivity index is 1.82. The lowest BCUT2D eigenvalue weighted by atomic mass is 9.80. The fourth-order valence-corrected chi connectivity index (χ4v) is 3.59. The van der Waals surface area contributed by atoms with E-state index in [2.05, 4.69) is 21.2 Å². The van der Waals surface area contributed by atoms with E-state index < -0.39 is 11.4 Å². The lowest BCUT2D eigenvalue weighted by Crippen LogP contribution is -2.46. The van der Waals surface area contributed by atoms with Gasteiger partial charge in [0.1, 0.15) is 0 Å². The molecule has 0 aliphatic carbocycles. The summed E-state index contributed by atoms with van der Waals surface area (Å²) in [6.45, 7) is 1.01. The Hall–Kier alpha value is -1.05. The van der Waals surface area contributed by atoms with Gasteiger partial charge in [0.2, 0.25) is 5.91 Å². The summed E-state index contributed by atoms with van der Waals surface area (Å²) in [5, 5.41) is 12.2. The van der Waals surface area contributed by atoms with Crippen molar-refractivity contribution in [1.29, 1.82) is 0 Å². The van der Waals surface area contributed by atoms with Crippen molar-refractivity contribution in [3.05, 3.63) is 28.7 Å². The normalized spacial score (nSPS) is 17.0. The Bertz CT molecular complexity index is 546. The Morgan fingerprint density at radius 1 is 1.36 bits per heavy atom. The largest absolute Gasteiger partial charge is 0.481 e. The third-order valence-electron chi connectivity index (χ3n) is 3.69. The zero-order chi connectivity index (χ0) is 16.0. The Kier molecular flexibility index (Phi) is 6.28. The smallest absolute Gasteiger partial charge is 0.311 e. The second kappa shape index (κ2) is 7.99. The molecule has 0 atom stereocenters. The van der Waals surface area contributed by atoms with Crippen molar-refractivity contribution >= 4 is 39.6 Å². The van der Waals surface area contributed by atoms with Crippen LogP contribution in [0.2, 0.25) is 0 Å². The average Bonchev–Trinajstić information content (AvgIpc) is 2.52. The maximum absolute atomic E-state index is 11.9. The van der Waals surface area contributed by atoms with Crippen LogP contribution in [0, 0.1) is 5.41 Å². The summed E-state index contributed by atoms with van der Waals surface area (Å²) in [7, 11) is 0. The van der Waals surface area contributed by atoms with Gasteiger partial charge in [0.05, 0.1) is 11.2 Å². The van der Waals surface area contributed by atoms with Gasteiger partial charge < -0.3 is 15.2 Å². The lowest BCUT2D eigenvalue weighted by Gasteiger charge is -2.33. The summed E-state index contributed by atoms with van der Waals surface area (Å²) < 4.78 is 6.18. The van der Waals surface area contributed by atoms with Gasteiger partial charge in [-0.3, -0.25) is 9.59 Å². The van der Waals surface area contributed by atoms with Crippen molar-refractivity contribution in [3.63, 3.8) is 0 Å². The molecule has 1 aromatic carbocycles. The van der Waals surface area contributed by atoms with Crippen LogP contribution >= 0.6 is 27.7 Å². The van der Waals surface area contributed by atoms with E-state index in [-0.39, 0.29) is 18.2 Å². The monoisotopic (exact) mass is 387 g/mol. The quantitative estimate of drug-likeness (QED) is 0.733. The predicted octanol–water partition coefficient (Wildman–Crippen LogP) is 2.54. The van der Waals surface area contributed by atoms with Crippen LogP contribution in [-0.4, -0.2) is 42.5 Å². The number of aliphatic carboxylic acids is 1. The van der Waals surface area contributed by atoms with Gasteiger partial charge in [-0.15, -0.1) is 11.8 Å². The number of carboxylic acids is 1. The highest BCUT2D eigenvalue weighted by Crippen LogP contribution is 2.30. The number of thioether (sulfide) groups is 1. The summed E-state index contributed by atoms with van der Waals surface area (Å²) >= 11 is 4.81. The van der Waals surface area contributed by atoms with Crippen molar-refractivity contribution < 1.29 is 19.4 Å². The van der Waals surface area contributed by atoms with E-state index in [1.807, 2.05) is 24.3 Å². The maximum atomic E-state index is 11.9. The van der Waals surface area contributed by atoms with Crippen LogP contribution in [0.3, 0.4) is 0 Å². The third-order valence-corrected chi connectivity index (χ3v) is 5.18. The minimum atomic E-state index is -0.894. The topological polar surface area (TPSA) is 75.6 Å². The predicted molar refractivity (Wildman–Crippen MR) is 88.0 cm³/mol. The molecule has 2 rings (SSSR count). The molecule has 1 amide bonds. The van der Waals surface area contributed by atoms with E-state index in [0.717, 1.165) is 9.37 Å². The minimum Gasteiger partial charge on any atom is -0.481 e. The van der Waals surface area contributed by atoms with Crippen molar-refractivity contribution in [2.24, 2.45) is 5.41 Å². The Morgan fingerprint density at radius 2 is 2.09 bits per heavy atom. The first-order valence-electron chi connectivity index (χ1n) is 6.98.